The molecule has 15 heavy (non-hydrogen) atoms. The molecule has 0 amide bonds. The molecule has 0 saturated carbocycles. The van der Waals surface area contributed by atoms with Gasteiger partial charge in [-0.15, -0.1) is 11.6 Å². The van der Waals surface area contributed by atoms with Gasteiger partial charge in [0.15, 0.2) is 5.78 Å². The van der Waals surface area contributed by atoms with Crippen LogP contribution in [0.5, 0.6) is 0 Å². The molecule has 0 aromatic heterocycles. The summed E-state index contributed by atoms with van der Waals surface area (Å²) in [5.41, 5.74) is 0.513. The van der Waals surface area contributed by atoms with Crippen LogP contribution in [0.2, 0.25) is 0 Å². The van der Waals surface area contributed by atoms with E-state index in [1.165, 1.54) is 0 Å². The molecule has 0 heterocycles. The summed E-state index contributed by atoms with van der Waals surface area (Å²) in [5.74, 6) is 0.0386. The molecule has 0 fully saturated rings. The summed E-state index contributed by atoms with van der Waals surface area (Å²) < 4.78 is 0.517. The first-order valence-corrected chi connectivity index (χ1v) is 5.86. The van der Waals surface area contributed by atoms with Crippen LogP contribution < -0.4 is 0 Å². The van der Waals surface area contributed by atoms with Crippen LogP contribution >= 0.6 is 39.1 Å². The van der Waals surface area contributed by atoms with Crippen LogP contribution in [0.1, 0.15) is 27.1 Å². The largest absolute Gasteiger partial charge is 0.294 e. The predicted molar refractivity (Wildman–Crippen MR) is 64.0 cm³/mol. The lowest BCUT2D eigenvalue weighted by molar-refractivity contribution is 0.0979. The second kappa shape index (κ2) is 5.64. The van der Waals surface area contributed by atoms with E-state index in [-0.39, 0.29) is 23.6 Å². The van der Waals surface area contributed by atoms with Gasteiger partial charge in [-0.25, -0.2) is 0 Å². The van der Waals surface area contributed by atoms with Gasteiger partial charge in [-0.2, -0.15) is 0 Å². The number of hydrogen-bond donors (Lipinski definition) is 0. The molecular formula is C10H7BrCl2O2. The fraction of sp³-hybridized carbons (Fsp3) is 0.200. The number of benzene rings is 1. The Hall–Kier alpha value is -0.380. The van der Waals surface area contributed by atoms with Crippen LogP contribution in [-0.2, 0) is 0 Å². The van der Waals surface area contributed by atoms with E-state index in [1.54, 1.807) is 18.2 Å². The topological polar surface area (TPSA) is 34.1 Å². The number of alkyl halides is 1. The number of ketones is 1. The van der Waals surface area contributed by atoms with Crippen molar-refractivity contribution in [1.29, 1.82) is 0 Å². The van der Waals surface area contributed by atoms with Crippen LogP contribution in [0.25, 0.3) is 0 Å². The molecule has 0 aliphatic rings. The Labute approximate surface area is 106 Å². The smallest absolute Gasteiger partial charge is 0.254 e. The first-order chi connectivity index (χ1) is 7.07. The number of halogens is 3. The zero-order valence-corrected chi connectivity index (χ0v) is 10.7. The summed E-state index contributed by atoms with van der Waals surface area (Å²) in [5, 5.41) is -0.652. The first-order valence-electron chi connectivity index (χ1n) is 4.15. The van der Waals surface area contributed by atoms with E-state index in [9.17, 15) is 9.59 Å². The van der Waals surface area contributed by atoms with Gasteiger partial charge >= 0.3 is 0 Å². The van der Waals surface area contributed by atoms with Crippen molar-refractivity contribution < 1.29 is 9.59 Å². The van der Waals surface area contributed by atoms with Crippen LogP contribution in [0.4, 0.5) is 0 Å². The normalized spacial score (nSPS) is 10.1. The third kappa shape index (κ3) is 3.03. The van der Waals surface area contributed by atoms with Crippen molar-refractivity contribution >= 4 is 50.2 Å². The van der Waals surface area contributed by atoms with Crippen molar-refractivity contribution in [1.82, 2.24) is 0 Å². The Morgan fingerprint density at radius 2 is 2.00 bits per heavy atom. The maximum Gasteiger partial charge on any atom is 0.254 e. The van der Waals surface area contributed by atoms with E-state index in [1.807, 2.05) is 0 Å². The summed E-state index contributed by atoms with van der Waals surface area (Å²) in [4.78, 5) is 22.8. The fourth-order valence-electron chi connectivity index (χ4n) is 1.18. The van der Waals surface area contributed by atoms with Crippen LogP contribution in [-0.4, -0.2) is 16.9 Å². The minimum Gasteiger partial charge on any atom is -0.294 e. The van der Waals surface area contributed by atoms with E-state index in [2.05, 4.69) is 15.9 Å². The highest BCUT2D eigenvalue weighted by atomic mass is 79.9. The van der Waals surface area contributed by atoms with Gasteiger partial charge in [0.05, 0.1) is 5.56 Å². The monoisotopic (exact) mass is 308 g/mol. The Bertz CT molecular complexity index is 404. The van der Waals surface area contributed by atoms with Crippen molar-refractivity contribution in [3.05, 3.63) is 33.8 Å². The van der Waals surface area contributed by atoms with Gasteiger partial charge in [0.1, 0.15) is 0 Å². The number of carbonyl (C=O) groups is 2. The summed E-state index contributed by atoms with van der Waals surface area (Å²) in [6, 6.07) is 4.90. The molecule has 1 aromatic carbocycles. The van der Waals surface area contributed by atoms with Crippen LogP contribution in [0, 0.1) is 0 Å². The third-order valence-corrected chi connectivity index (χ3v) is 2.87. The number of hydrogen-bond acceptors (Lipinski definition) is 2. The molecule has 1 aromatic rings. The summed E-state index contributed by atoms with van der Waals surface area (Å²) in [6.07, 6.45) is 0.190. The Morgan fingerprint density at radius 1 is 1.33 bits per heavy atom. The van der Waals surface area contributed by atoms with Crippen LogP contribution in [0.3, 0.4) is 0 Å². The molecule has 0 N–H and O–H groups in total. The van der Waals surface area contributed by atoms with Gasteiger partial charge in [0.25, 0.3) is 5.24 Å². The van der Waals surface area contributed by atoms with Crippen LogP contribution in [0.15, 0.2) is 22.7 Å². The minimum absolute atomic E-state index is 0.185. The Kier molecular flexibility index (Phi) is 4.77. The molecule has 80 valence electrons. The average molecular weight is 310 g/mol. The van der Waals surface area contributed by atoms with E-state index >= 15 is 0 Å². The standard InChI is InChI=1S/C10H7BrCl2O2/c11-7-3-1-2-6(8(14)4-5-12)9(7)10(13)15/h1-3H,4-5H2. The number of rotatable bonds is 4. The van der Waals surface area contributed by atoms with Gasteiger partial charge in [-0.3, -0.25) is 9.59 Å². The first kappa shape index (κ1) is 12.7. The third-order valence-electron chi connectivity index (χ3n) is 1.83. The maximum absolute atomic E-state index is 11.6. The molecule has 2 nitrogen and oxygen atoms in total. The Morgan fingerprint density at radius 3 is 2.53 bits per heavy atom. The highest BCUT2D eigenvalue weighted by Crippen LogP contribution is 2.23. The molecule has 0 radical (unpaired) electrons. The van der Waals surface area contributed by atoms with E-state index in [4.69, 9.17) is 23.2 Å². The van der Waals surface area contributed by atoms with Crippen molar-refractivity contribution in [3.63, 3.8) is 0 Å². The minimum atomic E-state index is -0.652. The number of Topliss-reactive ketones (excluding diaryl/α,β-unsaturated/α-hetero) is 1. The van der Waals surface area contributed by atoms with E-state index < -0.39 is 5.24 Å². The highest BCUT2D eigenvalue weighted by Gasteiger charge is 2.17. The second-order valence-corrected chi connectivity index (χ2v) is 4.37. The molecule has 0 aliphatic heterocycles. The molecule has 0 unspecified atom stereocenters. The molecular weight excluding hydrogens is 303 g/mol. The van der Waals surface area contributed by atoms with E-state index in [0.717, 1.165) is 0 Å². The lowest BCUT2D eigenvalue weighted by Crippen LogP contribution is -2.07. The average Bonchev–Trinajstić information content (AvgIpc) is 2.17. The molecule has 0 atom stereocenters. The zero-order chi connectivity index (χ0) is 11.4. The van der Waals surface area contributed by atoms with Crippen molar-refractivity contribution in [2.45, 2.75) is 6.42 Å². The SMILES string of the molecule is O=C(CCCl)c1cccc(Br)c1C(=O)Cl. The summed E-state index contributed by atoms with van der Waals surface area (Å²) in [7, 11) is 0. The zero-order valence-electron chi connectivity index (χ0n) is 7.60. The Balaban J connectivity index is 3.23. The van der Waals surface area contributed by atoms with E-state index in [0.29, 0.717) is 10.0 Å². The van der Waals surface area contributed by atoms with Gasteiger partial charge in [0, 0.05) is 22.3 Å². The fourth-order valence-corrected chi connectivity index (χ4v) is 2.21. The van der Waals surface area contributed by atoms with Crippen molar-refractivity contribution in [3.8, 4) is 0 Å². The molecule has 5 heteroatoms. The highest BCUT2D eigenvalue weighted by molar-refractivity contribution is 9.10. The van der Waals surface area contributed by atoms with Crippen molar-refractivity contribution in [2.75, 3.05) is 5.88 Å². The summed E-state index contributed by atoms with van der Waals surface area (Å²) >= 11 is 14.0. The van der Waals surface area contributed by atoms with Gasteiger partial charge in [0.2, 0.25) is 0 Å². The predicted octanol–water partition coefficient (Wildman–Crippen LogP) is 3.64. The molecule has 0 bridgehead atoms. The van der Waals surface area contributed by atoms with Gasteiger partial charge in [-0.05, 0) is 33.6 Å². The molecule has 0 saturated heterocycles. The molecule has 0 aliphatic carbocycles. The molecule has 0 spiro atoms. The van der Waals surface area contributed by atoms with Gasteiger partial charge in [-0.1, -0.05) is 12.1 Å². The van der Waals surface area contributed by atoms with Crippen molar-refractivity contribution in [2.24, 2.45) is 0 Å². The molecule has 1 rings (SSSR count). The summed E-state index contributed by atoms with van der Waals surface area (Å²) in [6.45, 7) is 0. The quantitative estimate of drug-likeness (QED) is 0.483. The maximum atomic E-state index is 11.6. The van der Waals surface area contributed by atoms with Gasteiger partial charge < -0.3 is 0 Å². The lowest BCUT2D eigenvalue weighted by Gasteiger charge is -2.05. The number of carbonyl (C=O) groups excluding carboxylic acids is 2. The lowest BCUT2D eigenvalue weighted by atomic mass is 10.0. The second-order valence-electron chi connectivity index (χ2n) is 2.80.